The molecule has 0 radical (unpaired) electrons. The van der Waals surface area contributed by atoms with Crippen LogP contribution in [0.15, 0.2) is 34.9 Å². The first-order valence-electron chi connectivity index (χ1n) is 3.97. The van der Waals surface area contributed by atoms with Crippen LogP contribution in [0.25, 0.3) is 11.4 Å². The predicted molar refractivity (Wildman–Crippen MR) is 57.4 cm³/mol. The van der Waals surface area contributed by atoms with Gasteiger partial charge in [0.25, 0.3) is 0 Å². The maximum Gasteiger partial charge on any atom is 0.181 e. The first-order chi connectivity index (χ1) is 6.75. The van der Waals surface area contributed by atoms with Gasteiger partial charge in [-0.25, -0.2) is 4.98 Å². The molecule has 0 aliphatic heterocycles. The lowest BCUT2D eigenvalue weighted by atomic mass is 10.2. The van der Waals surface area contributed by atoms with Crippen LogP contribution in [0.5, 0.6) is 0 Å². The van der Waals surface area contributed by atoms with Crippen molar-refractivity contribution in [3.8, 4) is 11.4 Å². The van der Waals surface area contributed by atoms with Crippen molar-refractivity contribution in [2.75, 3.05) is 5.73 Å². The Bertz CT molecular complexity index is 441. The van der Waals surface area contributed by atoms with E-state index in [4.69, 9.17) is 5.73 Å². The van der Waals surface area contributed by atoms with Crippen molar-refractivity contribution >= 4 is 21.7 Å². The van der Waals surface area contributed by atoms with Gasteiger partial charge in [-0.1, -0.05) is 28.1 Å². The van der Waals surface area contributed by atoms with Crippen molar-refractivity contribution in [3.05, 3.63) is 34.9 Å². The molecule has 0 fully saturated rings. The molecule has 0 aliphatic carbocycles. The Morgan fingerprint density at radius 3 is 2.71 bits per heavy atom. The van der Waals surface area contributed by atoms with Crippen LogP contribution in [-0.2, 0) is 0 Å². The molecule has 4 nitrogen and oxygen atoms in total. The molecule has 14 heavy (non-hydrogen) atoms. The fourth-order valence-electron chi connectivity index (χ4n) is 1.04. The summed E-state index contributed by atoms with van der Waals surface area (Å²) in [7, 11) is 0. The third kappa shape index (κ3) is 1.88. The van der Waals surface area contributed by atoms with Crippen LogP contribution < -0.4 is 5.73 Å². The van der Waals surface area contributed by atoms with Crippen molar-refractivity contribution in [1.82, 2.24) is 15.2 Å². The lowest BCUT2D eigenvalue weighted by molar-refractivity contribution is 0.991. The first-order valence-corrected chi connectivity index (χ1v) is 4.76. The Labute approximate surface area is 89.3 Å². The van der Waals surface area contributed by atoms with Crippen molar-refractivity contribution in [2.45, 2.75) is 0 Å². The second kappa shape index (κ2) is 3.71. The summed E-state index contributed by atoms with van der Waals surface area (Å²) in [6, 6.07) is 7.69. The topological polar surface area (TPSA) is 64.7 Å². The number of anilines is 1. The highest BCUT2D eigenvalue weighted by Crippen LogP contribution is 2.18. The summed E-state index contributed by atoms with van der Waals surface area (Å²) in [6.45, 7) is 0. The molecule has 1 aromatic heterocycles. The maximum absolute atomic E-state index is 5.39. The Balaban J connectivity index is 2.44. The zero-order chi connectivity index (χ0) is 9.97. The molecule has 0 spiro atoms. The van der Waals surface area contributed by atoms with E-state index >= 15 is 0 Å². The smallest absolute Gasteiger partial charge is 0.181 e. The summed E-state index contributed by atoms with van der Waals surface area (Å²) < 4.78 is 0.982. The fraction of sp³-hybridized carbons (Fsp3) is 0. The van der Waals surface area contributed by atoms with Gasteiger partial charge >= 0.3 is 0 Å². The predicted octanol–water partition coefficient (Wildman–Crippen LogP) is 1.88. The number of nitrogens with two attached hydrogens (primary N) is 1. The van der Waals surface area contributed by atoms with Crippen molar-refractivity contribution in [3.63, 3.8) is 0 Å². The van der Waals surface area contributed by atoms with Crippen molar-refractivity contribution < 1.29 is 0 Å². The zero-order valence-corrected chi connectivity index (χ0v) is 8.77. The quantitative estimate of drug-likeness (QED) is 0.840. The number of nitrogens with zero attached hydrogens (tertiary/aromatic N) is 3. The summed E-state index contributed by atoms with van der Waals surface area (Å²) in [4.78, 5) is 4.07. The van der Waals surface area contributed by atoms with E-state index in [1.807, 2.05) is 24.3 Å². The van der Waals surface area contributed by atoms with E-state index in [-0.39, 0.29) is 0 Å². The maximum atomic E-state index is 5.39. The van der Waals surface area contributed by atoms with Gasteiger partial charge in [0.2, 0.25) is 0 Å². The third-order valence-electron chi connectivity index (χ3n) is 1.66. The second-order valence-electron chi connectivity index (χ2n) is 2.72. The fourth-order valence-corrected chi connectivity index (χ4v) is 1.44. The normalized spacial score (nSPS) is 10.1. The molecule has 2 rings (SSSR count). The van der Waals surface area contributed by atoms with Gasteiger partial charge < -0.3 is 5.73 Å². The molecule has 0 unspecified atom stereocenters. The molecule has 0 bridgehead atoms. The molecule has 0 atom stereocenters. The number of hydrogen-bond acceptors (Lipinski definition) is 4. The standard InChI is InChI=1S/C9H7BrN4/c10-7-3-1-2-6(4-7)9-12-5-8(11)13-14-9/h1-5H,(H2,11,13). The van der Waals surface area contributed by atoms with Gasteiger partial charge in [0.15, 0.2) is 11.6 Å². The number of aromatic nitrogens is 3. The van der Waals surface area contributed by atoms with E-state index in [0.717, 1.165) is 10.0 Å². The lowest BCUT2D eigenvalue weighted by Crippen LogP contribution is -1.96. The highest BCUT2D eigenvalue weighted by molar-refractivity contribution is 9.10. The molecule has 5 heteroatoms. The van der Waals surface area contributed by atoms with Gasteiger partial charge in [-0.2, -0.15) is 0 Å². The van der Waals surface area contributed by atoms with Gasteiger partial charge in [0.05, 0.1) is 6.20 Å². The highest BCUT2D eigenvalue weighted by atomic mass is 79.9. The van der Waals surface area contributed by atoms with Crippen LogP contribution in [0.3, 0.4) is 0 Å². The van der Waals surface area contributed by atoms with Crippen LogP contribution >= 0.6 is 15.9 Å². The minimum atomic E-state index is 0.323. The van der Waals surface area contributed by atoms with E-state index in [0.29, 0.717) is 11.6 Å². The van der Waals surface area contributed by atoms with Crippen LogP contribution in [0.4, 0.5) is 5.82 Å². The molecule has 0 saturated heterocycles. The number of nitrogen functional groups attached to an aromatic ring is 1. The van der Waals surface area contributed by atoms with Gasteiger partial charge in [0, 0.05) is 10.0 Å². The first kappa shape index (κ1) is 9.08. The SMILES string of the molecule is Nc1cnc(-c2cccc(Br)c2)nn1. The van der Waals surface area contributed by atoms with E-state index < -0.39 is 0 Å². The minimum absolute atomic E-state index is 0.323. The van der Waals surface area contributed by atoms with E-state index in [2.05, 4.69) is 31.1 Å². The summed E-state index contributed by atoms with van der Waals surface area (Å²) in [5, 5.41) is 7.62. The van der Waals surface area contributed by atoms with E-state index in [1.165, 1.54) is 6.20 Å². The monoisotopic (exact) mass is 250 g/mol. The average molecular weight is 251 g/mol. The second-order valence-corrected chi connectivity index (χ2v) is 3.63. The van der Waals surface area contributed by atoms with Crippen molar-refractivity contribution in [1.29, 1.82) is 0 Å². The molecule has 1 heterocycles. The number of benzene rings is 1. The van der Waals surface area contributed by atoms with Gasteiger partial charge in [-0.05, 0) is 12.1 Å². The molecule has 0 saturated carbocycles. The highest BCUT2D eigenvalue weighted by Gasteiger charge is 2.01. The Morgan fingerprint density at radius 2 is 2.07 bits per heavy atom. The van der Waals surface area contributed by atoms with E-state index in [9.17, 15) is 0 Å². The van der Waals surface area contributed by atoms with Gasteiger partial charge in [-0.3, -0.25) is 0 Å². The Morgan fingerprint density at radius 1 is 1.21 bits per heavy atom. The molecular formula is C9H7BrN4. The molecule has 0 amide bonds. The molecule has 0 aliphatic rings. The van der Waals surface area contributed by atoms with Crippen LogP contribution in [0.1, 0.15) is 0 Å². The largest absolute Gasteiger partial charge is 0.381 e. The van der Waals surface area contributed by atoms with Gasteiger partial charge in [0.1, 0.15) is 0 Å². The number of rotatable bonds is 1. The van der Waals surface area contributed by atoms with Crippen LogP contribution in [-0.4, -0.2) is 15.2 Å². The lowest BCUT2D eigenvalue weighted by Gasteiger charge is -1.99. The molecule has 2 aromatic rings. The summed E-state index contributed by atoms with van der Waals surface area (Å²) in [5.41, 5.74) is 6.30. The van der Waals surface area contributed by atoms with Crippen LogP contribution in [0.2, 0.25) is 0 Å². The molecule has 2 N–H and O–H groups in total. The molecule has 1 aromatic carbocycles. The summed E-state index contributed by atoms with van der Waals surface area (Å²) >= 11 is 3.37. The molecule has 70 valence electrons. The zero-order valence-electron chi connectivity index (χ0n) is 7.18. The van der Waals surface area contributed by atoms with E-state index in [1.54, 1.807) is 0 Å². The van der Waals surface area contributed by atoms with Crippen LogP contribution in [0, 0.1) is 0 Å². The number of halogens is 1. The third-order valence-corrected chi connectivity index (χ3v) is 2.16. The average Bonchev–Trinajstić information content (AvgIpc) is 2.19. The van der Waals surface area contributed by atoms with Gasteiger partial charge in [-0.15, -0.1) is 10.2 Å². The van der Waals surface area contributed by atoms with Crippen molar-refractivity contribution in [2.24, 2.45) is 0 Å². The Kier molecular flexibility index (Phi) is 2.41. The minimum Gasteiger partial charge on any atom is -0.381 e. The molecular weight excluding hydrogens is 244 g/mol. The summed E-state index contributed by atoms with van der Waals surface area (Å²) in [5.74, 6) is 0.893. The number of hydrogen-bond donors (Lipinski definition) is 1. The Hall–Kier alpha value is -1.49. The summed E-state index contributed by atoms with van der Waals surface area (Å²) in [6.07, 6.45) is 1.49.